The van der Waals surface area contributed by atoms with E-state index in [-0.39, 0.29) is 0 Å². The van der Waals surface area contributed by atoms with E-state index in [2.05, 4.69) is 15.7 Å². The summed E-state index contributed by atoms with van der Waals surface area (Å²) in [5.41, 5.74) is 4.03. The first-order chi connectivity index (χ1) is 8.10. The molecule has 0 aliphatic rings. The zero-order valence-electron chi connectivity index (χ0n) is 9.85. The number of guanidine groups is 1. The molecule has 1 aromatic carbocycles. The summed E-state index contributed by atoms with van der Waals surface area (Å²) < 4.78 is 0. The molecule has 0 aromatic heterocycles. The molecule has 0 atom stereocenters. The molecule has 0 fully saturated rings. The lowest BCUT2D eigenvalue weighted by molar-refractivity contribution is 0.905. The number of hydrogen-bond donors (Lipinski definition) is 3. The van der Waals surface area contributed by atoms with Crippen LogP contribution < -0.4 is 16.6 Å². The van der Waals surface area contributed by atoms with Crippen molar-refractivity contribution in [1.82, 2.24) is 5.43 Å². The van der Waals surface area contributed by atoms with Gasteiger partial charge in [-0.25, -0.2) is 5.84 Å². The van der Waals surface area contributed by atoms with Crippen LogP contribution in [-0.4, -0.2) is 12.5 Å². The third kappa shape index (κ3) is 3.77. The van der Waals surface area contributed by atoms with Crippen LogP contribution in [0.15, 0.2) is 17.1 Å². The Morgan fingerprint density at radius 1 is 1.41 bits per heavy atom. The SMILES string of the molecule is CCCN=C(NN)Nc1c(Cl)ccc(C)c1Cl. The van der Waals surface area contributed by atoms with Crippen LogP contribution in [0, 0.1) is 6.92 Å². The molecule has 17 heavy (non-hydrogen) atoms. The molecule has 94 valence electrons. The van der Waals surface area contributed by atoms with Crippen molar-refractivity contribution in [2.45, 2.75) is 20.3 Å². The Morgan fingerprint density at radius 3 is 2.71 bits per heavy atom. The van der Waals surface area contributed by atoms with Gasteiger partial charge in [-0.2, -0.15) is 0 Å². The fourth-order valence-corrected chi connectivity index (χ4v) is 1.70. The average Bonchev–Trinajstić information content (AvgIpc) is 2.33. The zero-order valence-corrected chi connectivity index (χ0v) is 11.4. The maximum atomic E-state index is 6.16. The molecule has 0 saturated heterocycles. The van der Waals surface area contributed by atoms with Crippen LogP contribution in [0.2, 0.25) is 10.0 Å². The van der Waals surface area contributed by atoms with Crippen LogP contribution in [0.1, 0.15) is 18.9 Å². The number of hydrazine groups is 1. The van der Waals surface area contributed by atoms with Gasteiger partial charge in [-0.1, -0.05) is 36.2 Å². The minimum absolute atomic E-state index is 0.446. The Bertz CT molecular complexity index is 418. The number of hydrogen-bond acceptors (Lipinski definition) is 2. The largest absolute Gasteiger partial charge is 0.323 e. The Hall–Kier alpha value is -0.970. The van der Waals surface area contributed by atoms with Gasteiger partial charge in [-0.05, 0) is 25.0 Å². The molecule has 0 heterocycles. The molecule has 0 saturated carbocycles. The van der Waals surface area contributed by atoms with Crippen molar-refractivity contribution < 1.29 is 0 Å². The normalized spacial score (nSPS) is 11.5. The highest BCUT2D eigenvalue weighted by Gasteiger charge is 2.09. The Labute approximate surface area is 111 Å². The van der Waals surface area contributed by atoms with Gasteiger partial charge in [0.25, 0.3) is 0 Å². The number of aliphatic imine (C=N–C) groups is 1. The molecule has 0 bridgehead atoms. The standard InChI is InChI=1S/C11H16Cl2N4/c1-3-6-15-11(17-14)16-10-8(12)5-4-7(2)9(10)13/h4-5H,3,6,14H2,1-2H3,(H2,15,16,17). The van der Waals surface area contributed by atoms with Gasteiger partial charge in [0.05, 0.1) is 15.7 Å². The lowest BCUT2D eigenvalue weighted by Crippen LogP contribution is -2.36. The number of nitrogens with two attached hydrogens (primary N) is 1. The number of aryl methyl sites for hydroxylation is 1. The van der Waals surface area contributed by atoms with E-state index in [9.17, 15) is 0 Å². The predicted molar refractivity (Wildman–Crippen MR) is 74.7 cm³/mol. The van der Waals surface area contributed by atoms with Crippen LogP contribution in [0.4, 0.5) is 5.69 Å². The molecule has 0 unspecified atom stereocenters. The van der Waals surface area contributed by atoms with Crippen molar-refractivity contribution in [3.63, 3.8) is 0 Å². The van der Waals surface area contributed by atoms with Crippen LogP contribution in [-0.2, 0) is 0 Å². The monoisotopic (exact) mass is 274 g/mol. The predicted octanol–water partition coefficient (Wildman–Crippen LogP) is 2.94. The third-order valence-corrected chi connectivity index (χ3v) is 2.96. The van der Waals surface area contributed by atoms with Crippen molar-refractivity contribution in [3.05, 3.63) is 27.7 Å². The fraction of sp³-hybridized carbons (Fsp3) is 0.364. The summed E-state index contributed by atoms with van der Waals surface area (Å²) in [6, 6.07) is 3.63. The maximum Gasteiger partial charge on any atom is 0.210 e. The molecular formula is C11H16Cl2N4. The van der Waals surface area contributed by atoms with Crippen LogP contribution in [0.3, 0.4) is 0 Å². The quantitative estimate of drug-likeness (QED) is 0.344. The highest BCUT2D eigenvalue weighted by molar-refractivity contribution is 6.40. The summed E-state index contributed by atoms with van der Waals surface area (Å²) in [6.45, 7) is 4.61. The second-order valence-electron chi connectivity index (χ2n) is 3.55. The molecule has 0 spiro atoms. The summed E-state index contributed by atoms with van der Waals surface area (Å²) in [4.78, 5) is 4.22. The van der Waals surface area contributed by atoms with Crippen LogP contribution >= 0.6 is 23.2 Å². The van der Waals surface area contributed by atoms with Crippen LogP contribution in [0.25, 0.3) is 0 Å². The number of benzene rings is 1. The molecule has 1 rings (SSSR count). The first-order valence-electron chi connectivity index (χ1n) is 5.32. The molecule has 0 amide bonds. The van der Waals surface area contributed by atoms with Crippen molar-refractivity contribution in [2.24, 2.45) is 10.8 Å². The first-order valence-corrected chi connectivity index (χ1v) is 6.08. The Balaban J connectivity index is 2.97. The summed E-state index contributed by atoms with van der Waals surface area (Å²) >= 11 is 12.2. The van der Waals surface area contributed by atoms with Gasteiger partial charge < -0.3 is 5.32 Å². The van der Waals surface area contributed by atoms with Crippen LogP contribution in [0.5, 0.6) is 0 Å². The van der Waals surface area contributed by atoms with Crippen molar-refractivity contribution in [2.75, 3.05) is 11.9 Å². The molecule has 0 aliphatic heterocycles. The summed E-state index contributed by atoms with van der Waals surface area (Å²) in [7, 11) is 0. The highest BCUT2D eigenvalue weighted by atomic mass is 35.5. The van der Waals surface area contributed by atoms with E-state index in [0.29, 0.717) is 28.2 Å². The maximum absolute atomic E-state index is 6.16. The van der Waals surface area contributed by atoms with Gasteiger partial charge in [0.2, 0.25) is 5.96 Å². The molecule has 1 aromatic rings. The second-order valence-corrected chi connectivity index (χ2v) is 4.34. The Morgan fingerprint density at radius 2 is 2.12 bits per heavy atom. The van der Waals surface area contributed by atoms with E-state index >= 15 is 0 Å². The smallest absolute Gasteiger partial charge is 0.210 e. The van der Waals surface area contributed by atoms with E-state index in [0.717, 1.165) is 12.0 Å². The van der Waals surface area contributed by atoms with Gasteiger partial charge >= 0.3 is 0 Å². The number of nitrogens with one attached hydrogen (secondary N) is 2. The van der Waals surface area contributed by atoms with E-state index in [1.807, 2.05) is 19.9 Å². The third-order valence-electron chi connectivity index (χ3n) is 2.16. The number of anilines is 1. The molecule has 4 N–H and O–H groups in total. The summed E-state index contributed by atoms with van der Waals surface area (Å²) in [5.74, 6) is 5.82. The topological polar surface area (TPSA) is 62.4 Å². The molecule has 0 aliphatic carbocycles. The van der Waals surface area contributed by atoms with Crippen molar-refractivity contribution >= 4 is 34.8 Å². The molecular weight excluding hydrogens is 259 g/mol. The minimum Gasteiger partial charge on any atom is -0.323 e. The van der Waals surface area contributed by atoms with Crippen molar-refractivity contribution in [1.29, 1.82) is 0 Å². The first kappa shape index (κ1) is 14.1. The number of rotatable bonds is 3. The van der Waals surface area contributed by atoms with Gasteiger partial charge in [0.1, 0.15) is 0 Å². The van der Waals surface area contributed by atoms with Crippen molar-refractivity contribution in [3.8, 4) is 0 Å². The number of halogens is 2. The lowest BCUT2D eigenvalue weighted by Gasteiger charge is -2.13. The molecule has 6 heteroatoms. The van der Waals surface area contributed by atoms with E-state index in [4.69, 9.17) is 29.0 Å². The van der Waals surface area contributed by atoms with Gasteiger partial charge in [0, 0.05) is 6.54 Å². The van der Waals surface area contributed by atoms with E-state index in [1.165, 1.54) is 0 Å². The van der Waals surface area contributed by atoms with E-state index in [1.54, 1.807) is 6.07 Å². The minimum atomic E-state index is 0.446. The molecule has 4 nitrogen and oxygen atoms in total. The molecule has 0 radical (unpaired) electrons. The fourth-order valence-electron chi connectivity index (χ4n) is 1.23. The summed E-state index contributed by atoms with van der Waals surface area (Å²) in [5, 5.41) is 4.09. The number of nitrogens with zero attached hydrogens (tertiary/aromatic N) is 1. The highest BCUT2D eigenvalue weighted by Crippen LogP contribution is 2.32. The van der Waals surface area contributed by atoms with Gasteiger partial charge in [-0.15, -0.1) is 0 Å². The Kier molecular flexibility index (Phi) is 5.55. The van der Waals surface area contributed by atoms with Gasteiger partial charge in [-0.3, -0.25) is 10.4 Å². The van der Waals surface area contributed by atoms with E-state index < -0.39 is 0 Å². The lowest BCUT2D eigenvalue weighted by atomic mass is 10.2. The second kappa shape index (κ2) is 6.69. The average molecular weight is 275 g/mol. The summed E-state index contributed by atoms with van der Waals surface area (Å²) in [6.07, 6.45) is 0.933. The van der Waals surface area contributed by atoms with Gasteiger partial charge in [0.15, 0.2) is 0 Å². The zero-order chi connectivity index (χ0) is 12.8.